The van der Waals surface area contributed by atoms with E-state index in [4.69, 9.17) is 15.9 Å². The molecule has 0 aromatic carbocycles. The molecule has 0 bridgehead atoms. The van der Waals surface area contributed by atoms with E-state index in [0.29, 0.717) is 26.4 Å². The van der Waals surface area contributed by atoms with Crippen molar-refractivity contribution in [3.8, 4) is 12.3 Å². The average Bonchev–Trinajstić information content (AvgIpc) is 2.16. The van der Waals surface area contributed by atoms with Crippen molar-refractivity contribution in [2.75, 3.05) is 39.5 Å². The van der Waals surface area contributed by atoms with Crippen LogP contribution in [0.2, 0.25) is 0 Å². The molecule has 0 spiro atoms. The van der Waals surface area contributed by atoms with E-state index < -0.39 is 0 Å². The van der Waals surface area contributed by atoms with Crippen LogP contribution in [-0.4, -0.2) is 39.5 Å². The number of ether oxygens (including phenoxy) is 2. The average molecular weight is 185 g/mol. The minimum absolute atomic E-state index is 0.607. The van der Waals surface area contributed by atoms with Crippen molar-refractivity contribution in [3.05, 3.63) is 0 Å². The first-order valence-corrected chi connectivity index (χ1v) is 4.71. The lowest BCUT2D eigenvalue weighted by molar-refractivity contribution is 0.0493. The molecule has 76 valence electrons. The summed E-state index contributed by atoms with van der Waals surface area (Å²) in [6.07, 6.45) is 6.11. The van der Waals surface area contributed by atoms with Crippen molar-refractivity contribution in [2.45, 2.75) is 13.3 Å². The Hall–Kier alpha value is -0.560. The molecule has 0 aliphatic heterocycles. The van der Waals surface area contributed by atoms with Gasteiger partial charge in [0, 0.05) is 13.2 Å². The fourth-order valence-corrected chi connectivity index (χ4v) is 0.771. The Balaban J connectivity index is 2.80. The minimum Gasteiger partial charge on any atom is -0.379 e. The van der Waals surface area contributed by atoms with E-state index in [1.165, 1.54) is 0 Å². The second kappa shape index (κ2) is 11.4. The van der Waals surface area contributed by atoms with Crippen LogP contribution in [0.15, 0.2) is 0 Å². The third kappa shape index (κ3) is 11.4. The van der Waals surface area contributed by atoms with Gasteiger partial charge in [-0.2, -0.15) is 0 Å². The van der Waals surface area contributed by atoms with E-state index in [9.17, 15) is 0 Å². The number of hydrogen-bond donors (Lipinski definition) is 1. The van der Waals surface area contributed by atoms with Gasteiger partial charge in [-0.3, -0.25) is 0 Å². The Labute approximate surface area is 80.8 Å². The highest BCUT2D eigenvalue weighted by Crippen LogP contribution is 1.81. The van der Waals surface area contributed by atoms with E-state index in [2.05, 4.69) is 18.2 Å². The Morgan fingerprint density at radius 2 is 1.85 bits per heavy atom. The maximum absolute atomic E-state index is 5.27. The highest BCUT2D eigenvalue weighted by atomic mass is 16.5. The molecule has 0 heterocycles. The van der Waals surface area contributed by atoms with Gasteiger partial charge >= 0.3 is 0 Å². The van der Waals surface area contributed by atoms with Crippen LogP contribution in [0.4, 0.5) is 0 Å². The third-order valence-corrected chi connectivity index (χ3v) is 1.37. The Bertz CT molecular complexity index is 131. The lowest BCUT2D eigenvalue weighted by Crippen LogP contribution is -2.20. The minimum atomic E-state index is 0.607. The predicted octanol–water partition coefficient (Wildman–Crippen LogP) is 0.652. The van der Waals surface area contributed by atoms with Gasteiger partial charge in [-0.15, -0.1) is 6.42 Å². The van der Waals surface area contributed by atoms with Gasteiger partial charge in [-0.25, -0.2) is 0 Å². The van der Waals surface area contributed by atoms with Crippen LogP contribution in [0.5, 0.6) is 0 Å². The number of hydrogen-bond acceptors (Lipinski definition) is 3. The summed E-state index contributed by atoms with van der Waals surface area (Å²) in [6.45, 7) is 6.36. The molecule has 0 radical (unpaired) electrons. The van der Waals surface area contributed by atoms with Gasteiger partial charge in [0.1, 0.15) is 0 Å². The number of rotatable bonds is 9. The molecule has 3 heteroatoms. The molecule has 13 heavy (non-hydrogen) atoms. The van der Waals surface area contributed by atoms with E-state index in [0.717, 1.165) is 19.6 Å². The molecule has 0 fully saturated rings. The Morgan fingerprint density at radius 3 is 2.46 bits per heavy atom. The van der Waals surface area contributed by atoms with E-state index in [1.807, 2.05) is 0 Å². The molecule has 3 nitrogen and oxygen atoms in total. The molecular formula is C10H19NO2. The molecule has 0 aliphatic rings. The molecule has 0 unspecified atom stereocenters. The van der Waals surface area contributed by atoms with Crippen LogP contribution in [0.1, 0.15) is 13.3 Å². The van der Waals surface area contributed by atoms with Crippen LogP contribution >= 0.6 is 0 Å². The molecule has 0 saturated heterocycles. The summed E-state index contributed by atoms with van der Waals surface area (Å²) < 4.78 is 10.5. The van der Waals surface area contributed by atoms with Crippen LogP contribution < -0.4 is 5.32 Å². The van der Waals surface area contributed by atoms with Gasteiger partial charge in [0.05, 0.1) is 26.4 Å². The topological polar surface area (TPSA) is 30.5 Å². The van der Waals surface area contributed by atoms with Crippen LogP contribution in [-0.2, 0) is 9.47 Å². The van der Waals surface area contributed by atoms with Gasteiger partial charge in [0.25, 0.3) is 0 Å². The maximum Gasteiger partial charge on any atom is 0.0701 e. The van der Waals surface area contributed by atoms with Gasteiger partial charge in [0.2, 0.25) is 0 Å². The first-order valence-electron chi connectivity index (χ1n) is 4.71. The fraction of sp³-hybridized carbons (Fsp3) is 0.800. The van der Waals surface area contributed by atoms with Crippen LogP contribution in [0.25, 0.3) is 0 Å². The summed E-state index contributed by atoms with van der Waals surface area (Å²) in [5.74, 6) is 2.50. The lowest BCUT2D eigenvalue weighted by Gasteiger charge is -2.04. The van der Waals surface area contributed by atoms with Crippen LogP contribution in [0.3, 0.4) is 0 Å². The molecular weight excluding hydrogens is 166 g/mol. The van der Waals surface area contributed by atoms with E-state index in [-0.39, 0.29) is 0 Å². The smallest absolute Gasteiger partial charge is 0.0701 e. The van der Waals surface area contributed by atoms with Crippen molar-refractivity contribution < 1.29 is 9.47 Å². The summed E-state index contributed by atoms with van der Waals surface area (Å²) in [5.41, 5.74) is 0. The zero-order valence-corrected chi connectivity index (χ0v) is 8.34. The van der Waals surface area contributed by atoms with Crippen molar-refractivity contribution >= 4 is 0 Å². The highest BCUT2D eigenvalue weighted by Gasteiger charge is 1.88. The van der Waals surface area contributed by atoms with Crippen molar-refractivity contribution in [1.82, 2.24) is 5.32 Å². The highest BCUT2D eigenvalue weighted by molar-refractivity contribution is 4.86. The summed E-state index contributed by atoms with van der Waals surface area (Å²) in [6, 6.07) is 0. The SMILES string of the molecule is C#CCNCCOCCOCCC. The predicted molar refractivity (Wildman–Crippen MR) is 53.6 cm³/mol. The molecule has 0 saturated carbocycles. The Kier molecular flexibility index (Phi) is 10.9. The molecule has 0 rings (SSSR count). The molecule has 1 N–H and O–H groups in total. The molecule has 0 aromatic heterocycles. The molecule has 0 amide bonds. The summed E-state index contributed by atoms with van der Waals surface area (Å²) in [5, 5.41) is 3.04. The Morgan fingerprint density at radius 1 is 1.15 bits per heavy atom. The zero-order valence-electron chi connectivity index (χ0n) is 8.34. The third-order valence-electron chi connectivity index (χ3n) is 1.37. The lowest BCUT2D eigenvalue weighted by atomic mass is 10.5. The summed E-state index contributed by atoms with van der Waals surface area (Å²) in [7, 11) is 0. The second-order valence-corrected chi connectivity index (χ2v) is 2.61. The number of nitrogens with one attached hydrogen (secondary N) is 1. The van der Waals surface area contributed by atoms with Gasteiger partial charge in [0.15, 0.2) is 0 Å². The largest absolute Gasteiger partial charge is 0.379 e. The first-order chi connectivity index (χ1) is 6.41. The van der Waals surface area contributed by atoms with Gasteiger partial charge in [-0.1, -0.05) is 12.8 Å². The van der Waals surface area contributed by atoms with Crippen LogP contribution in [0, 0.1) is 12.3 Å². The van der Waals surface area contributed by atoms with Crippen molar-refractivity contribution in [2.24, 2.45) is 0 Å². The molecule has 0 aromatic rings. The number of terminal acetylenes is 1. The zero-order chi connectivity index (χ0) is 9.78. The monoisotopic (exact) mass is 185 g/mol. The molecule has 0 atom stereocenters. The molecule has 0 aliphatic carbocycles. The van der Waals surface area contributed by atoms with E-state index >= 15 is 0 Å². The summed E-state index contributed by atoms with van der Waals surface area (Å²) in [4.78, 5) is 0. The standard InChI is InChI=1S/C10H19NO2/c1-3-5-11-6-8-13-10-9-12-7-4-2/h1,11H,4-10H2,2H3. The van der Waals surface area contributed by atoms with E-state index in [1.54, 1.807) is 0 Å². The second-order valence-electron chi connectivity index (χ2n) is 2.61. The normalized spacial score (nSPS) is 9.85. The quantitative estimate of drug-likeness (QED) is 0.422. The van der Waals surface area contributed by atoms with Gasteiger partial charge < -0.3 is 14.8 Å². The van der Waals surface area contributed by atoms with Crippen molar-refractivity contribution in [1.29, 1.82) is 0 Å². The maximum atomic E-state index is 5.27. The summed E-state index contributed by atoms with van der Waals surface area (Å²) >= 11 is 0. The first kappa shape index (κ1) is 12.4. The fourth-order valence-electron chi connectivity index (χ4n) is 0.771. The van der Waals surface area contributed by atoms with Gasteiger partial charge in [-0.05, 0) is 6.42 Å². The van der Waals surface area contributed by atoms with Crippen molar-refractivity contribution in [3.63, 3.8) is 0 Å².